The molecule has 5 rings (SSSR count). The van der Waals surface area contributed by atoms with Gasteiger partial charge in [-0.25, -0.2) is 14.6 Å². The summed E-state index contributed by atoms with van der Waals surface area (Å²) in [6.07, 6.45) is 0.158. The first-order valence-electron chi connectivity index (χ1n) is 10.2. The molecule has 182 valence electrons. The van der Waals surface area contributed by atoms with Gasteiger partial charge in [0.1, 0.15) is 0 Å². The lowest BCUT2D eigenvalue weighted by atomic mass is 10.2. The predicted octanol–water partition coefficient (Wildman–Crippen LogP) is 4.33. The minimum atomic E-state index is -4.91. The molecule has 1 aromatic carbocycles. The summed E-state index contributed by atoms with van der Waals surface area (Å²) in [7, 11) is 1.39. The third-order valence-corrected chi connectivity index (χ3v) is 5.32. The highest BCUT2D eigenvalue weighted by Gasteiger charge is 2.39. The number of hydrogen-bond acceptors (Lipinski definition) is 7. The van der Waals surface area contributed by atoms with E-state index in [-0.39, 0.29) is 28.1 Å². The fourth-order valence-corrected chi connectivity index (χ4v) is 3.71. The average molecular weight is 515 g/mol. The number of pyridine rings is 2. The summed E-state index contributed by atoms with van der Waals surface area (Å²) >= 11 is 6.19. The molecule has 0 unspecified atom stereocenters. The minimum Gasteiger partial charge on any atom is -0.481 e. The van der Waals surface area contributed by atoms with Gasteiger partial charge in [-0.2, -0.15) is 28.5 Å². The van der Waals surface area contributed by atoms with Crippen LogP contribution in [0, 0.1) is 0 Å². The Kier molecular flexibility index (Phi) is 5.76. The minimum absolute atomic E-state index is 0.0674. The molecule has 10 nitrogen and oxygen atoms in total. The quantitative estimate of drug-likeness (QED) is 0.371. The molecular weight excluding hydrogens is 501 g/mol. The van der Waals surface area contributed by atoms with Crippen LogP contribution in [0.3, 0.4) is 0 Å². The number of carbonyl (C=O) groups is 1. The van der Waals surface area contributed by atoms with Gasteiger partial charge in [0.25, 0.3) is 5.91 Å². The summed E-state index contributed by atoms with van der Waals surface area (Å²) in [6.45, 7) is 0. The number of para-hydroxylation sites is 1. The second-order valence-corrected chi connectivity index (χ2v) is 7.74. The number of hydrogen-bond donors (Lipinski definition) is 1. The second kappa shape index (κ2) is 8.92. The maximum Gasteiger partial charge on any atom is 0.435 e. The SMILES string of the molecule is COc1cc(-n2cc(C(=O)Nc3cnc(-n4nccn4)c(Cl)c3)c(C(F)(F)F)n2)c2ccccc2n1. The van der Waals surface area contributed by atoms with Gasteiger partial charge < -0.3 is 10.1 Å². The van der Waals surface area contributed by atoms with Gasteiger partial charge in [-0.15, -0.1) is 4.80 Å². The summed E-state index contributed by atoms with van der Waals surface area (Å²) in [6, 6.07) is 9.56. The van der Waals surface area contributed by atoms with Gasteiger partial charge in [-0.1, -0.05) is 29.8 Å². The van der Waals surface area contributed by atoms with E-state index in [1.807, 2.05) is 0 Å². The second-order valence-electron chi connectivity index (χ2n) is 7.34. The van der Waals surface area contributed by atoms with Gasteiger partial charge in [-0.3, -0.25) is 4.79 Å². The lowest BCUT2D eigenvalue weighted by molar-refractivity contribution is -0.141. The van der Waals surface area contributed by atoms with Gasteiger partial charge in [0.05, 0.1) is 53.2 Å². The Hall–Kier alpha value is -4.52. The van der Waals surface area contributed by atoms with Gasteiger partial charge >= 0.3 is 6.18 Å². The zero-order chi connectivity index (χ0) is 25.4. The van der Waals surface area contributed by atoms with Crippen molar-refractivity contribution in [2.45, 2.75) is 6.18 Å². The van der Waals surface area contributed by atoms with Crippen molar-refractivity contribution in [2.24, 2.45) is 0 Å². The Morgan fingerprint density at radius 3 is 2.58 bits per heavy atom. The summed E-state index contributed by atoms with van der Waals surface area (Å²) in [5, 5.41) is 14.5. The van der Waals surface area contributed by atoms with Crippen LogP contribution in [0.15, 0.2) is 61.2 Å². The van der Waals surface area contributed by atoms with Crippen molar-refractivity contribution in [1.82, 2.24) is 34.7 Å². The zero-order valence-corrected chi connectivity index (χ0v) is 19.0. The van der Waals surface area contributed by atoms with E-state index in [1.54, 1.807) is 24.3 Å². The third kappa shape index (κ3) is 4.31. The number of halogens is 4. The van der Waals surface area contributed by atoms with Crippen LogP contribution in [-0.2, 0) is 6.18 Å². The Morgan fingerprint density at radius 1 is 1.14 bits per heavy atom. The third-order valence-electron chi connectivity index (χ3n) is 5.04. The molecule has 0 spiro atoms. The predicted molar refractivity (Wildman–Crippen MR) is 123 cm³/mol. The Labute approximate surface area is 205 Å². The molecular formula is C22H14ClF3N8O2. The van der Waals surface area contributed by atoms with Crippen LogP contribution in [-0.4, -0.2) is 47.8 Å². The van der Waals surface area contributed by atoms with Crippen molar-refractivity contribution in [3.63, 3.8) is 0 Å². The van der Waals surface area contributed by atoms with Crippen LogP contribution in [0.4, 0.5) is 18.9 Å². The summed E-state index contributed by atoms with van der Waals surface area (Å²) < 4.78 is 47.8. The maximum absolute atomic E-state index is 13.9. The van der Waals surface area contributed by atoms with Gasteiger partial charge in [0.2, 0.25) is 5.88 Å². The molecule has 0 aliphatic rings. The van der Waals surface area contributed by atoms with Crippen molar-refractivity contribution in [1.29, 1.82) is 0 Å². The van der Waals surface area contributed by atoms with Crippen LogP contribution < -0.4 is 10.1 Å². The molecule has 0 bridgehead atoms. The van der Waals surface area contributed by atoms with Crippen LogP contribution >= 0.6 is 11.6 Å². The first kappa shape index (κ1) is 23.2. The lowest BCUT2D eigenvalue weighted by Crippen LogP contribution is -2.18. The van der Waals surface area contributed by atoms with E-state index in [4.69, 9.17) is 16.3 Å². The molecule has 0 fully saturated rings. The normalized spacial score (nSPS) is 11.6. The first-order chi connectivity index (χ1) is 17.2. The van der Waals surface area contributed by atoms with E-state index in [0.29, 0.717) is 10.9 Å². The monoisotopic (exact) mass is 514 g/mol. The highest BCUT2D eigenvalue weighted by atomic mass is 35.5. The Bertz CT molecular complexity index is 1580. The van der Waals surface area contributed by atoms with E-state index in [0.717, 1.165) is 15.7 Å². The Morgan fingerprint density at radius 2 is 1.89 bits per heavy atom. The smallest absolute Gasteiger partial charge is 0.435 e. The first-order valence-corrected chi connectivity index (χ1v) is 10.6. The number of aromatic nitrogens is 7. The van der Waals surface area contributed by atoms with Crippen molar-refractivity contribution >= 4 is 34.1 Å². The highest BCUT2D eigenvalue weighted by molar-refractivity contribution is 6.32. The van der Waals surface area contributed by atoms with Gasteiger partial charge in [-0.05, 0) is 12.1 Å². The van der Waals surface area contributed by atoms with Crippen molar-refractivity contribution < 1.29 is 22.7 Å². The summed E-state index contributed by atoms with van der Waals surface area (Å²) in [4.78, 5) is 22.5. The molecule has 0 radical (unpaired) electrons. The number of nitrogens with one attached hydrogen (secondary N) is 1. The van der Waals surface area contributed by atoms with Crippen LogP contribution in [0.25, 0.3) is 22.4 Å². The molecule has 14 heteroatoms. The number of ether oxygens (including phenoxy) is 1. The number of carbonyl (C=O) groups excluding carboxylic acids is 1. The molecule has 0 saturated heterocycles. The van der Waals surface area contributed by atoms with Gasteiger partial charge in [0.15, 0.2) is 11.5 Å². The molecule has 36 heavy (non-hydrogen) atoms. The lowest BCUT2D eigenvalue weighted by Gasteiger charge is -2.09. The average Bonchev–Trinajstić information content (AvgIpc) is 3.54. The fraction of sp³-hybridized carbons (Fsp3) is 0.0909. The zero-order valence-electron chi connectivity index (χ0n) is 18.2. The molecule has 0 aliphatic heterocycles. The molecule has 4 aromatic heterocycles. The molecule has 4 heterocycles. The topological polar surface area (TPSA) is 113 Å². The van der Waals surface area contributed by atoms with Gasteiger partial charge in [0, 0.05) is 17.6 Å². The number of methoxy groups -OCH3 is 1. The van der Waals surface area contributed by atoms with Crippen molar-refractivity contribution in [3.8, 4) is 17.4 Å². The number of benzene rings is 1. The number of nitrogens with zero attached hydrogens (tertiary/aromatic N) is 7. The number of fused-ring (bicyclic) bond motifs is 1. The molecule has 1 N–H and O–H groups in total. The van der Waals surface area contributed by atoms with E-state index in [9.17, 15) is 18.0 Å². The Balaban J connectivity index is 1.54. The molecule has 0 aliphatic carbocycles. The van der Waals surface area contributed by atoms with E-state index in [1.165, 1.54) is 37.8 Å². The van der Waals surface area contributed by atoms with Crippen LogP contribution in [0.2, 0.25) is 5.02 Å². The summed E-state index contributed by atoms with van der Waals surface area (Å²) in [5.74, 6) is -0.699. The van der Waals surface area contributed by atoms with E-state index < -0.39 is 23.3 Å². The van der Waals surface area contributed by atoms with Crippen LogP contribution in [0.5, 0.6) is 5.88 Å². The largest absolute Gasteiger partial charge is 0.481 e. The maximum atomic E-state index is 13.9. The standard InChI is InChI=1S/C22H14ClF3N8O2/c1-36-18-9-17(13-4-2-3-5-16(13)31-18)33-11-14(19(32-33)22(24,25)26)21(35)30-12-8-15(23)20(27-10-12)34-28-6-7-29-34/h2-11H,1H3,(H,30,35). The number of anilines is 1. The van der Waals surface area contributed by atoms with Crippen molar-refractivity contribution in [2.75, 3.05) is 12.4 Å². The number of amides is 1. The number of rotatable bonds is 5. The van der Waals surface area contributed by atoms with Crippen molar-refractivity contribution in [3.05, 3.63) is 77.5 Å². The van der Waals surface area contributed by atoms with Crippen LogP contribution in [0.1, 0.15) is 16.1 Å². The molecule has 5 aromatic rings. The molecule has 1 amide bonds. The van der Waals surface area contributed by atoms with E-state index >= 15 is 0 Å². The number of alkyl halides is 3. The highest BCUT2D eigenvalue weighted by Crippen LogP contribution is 2.33. The fourth-order valence-electron chi connectivity index (χ4n) is 3.47. The van der Waals surface area contributed by atoms with E-state index in [2.05, 4.69) is 30.6 Å². The molecule has 0 atom stereocenters. The summed E-state index contributed by atoms with van der Waals surface area (Å²) in [5.41, 5.74) is -1.26. The molecule has 0 saturated carbocycles.